The van der Waals surface area contributed by atoms with Gasteiger partial charge in [-0.3, -0.25) is 4.79 Å². The molecule has 1 aromatic carbocycles. The molecule has 2 rings (SSSR count). The Morgan fingerprint density at radius 2 is 1.64 bits per heavy atom. The van der Waals surface area contributed by atoms with E-state index in [0.29, 0.717) is 0 Å². The second-order valence-corrected chi connectivity index (χ2v) is 3.74. The first kappa shape index (κ1) is 9.00. The Morgan fingerprint density at radius 3 is 2.21 bits per heavy atom. The van der Waals surface area contributed by atoms with Crippen LogP contribution in [0.1, 0.15) is 22.8 Å². The van der Waals surface area contributed by atoms with E-state index < -0.39 is 0 Å². The Morgan fingerprint density at radius 1 is 1.07 bits per heavy atom. The van der Waals surface area contributed by atoms with Crippen LogP contribution in [0.25, 0.3) is 5.70 Å². The van der Waals surface area contributed by atoms with Gasteiger partial charge in [-0.1, -0.05) is 24.3 Å². The number of hydrogen-bond donors (Lipinski definition) is 0. The van der Waals surface area contributed by atoms with Crippen molar-refractivity contribution in [1.82, 2.24) is 4.90 Å². The van der Waals surface area contributed by atoms with E-state index in [1.165, 1.54) is 0 Å². The van der Waals surface area contributed by atoms with Crippen molar-refractivity contribution in [3.63, 3.8) is 0 Å². The van der Waals surface area contributed by atoms with Crippen molar-refractivity contribution in [2.75, 3.05) is 14.1 Å². The van der Waals surface area contributed by atoms with E-state index in [1.807, 2.05) is 50.2 Å². The van der Waals surface area contributed by atoms with Gasteiger partial charge in [0.1, 0.15) is 0 Å². The summed E-state index contributed by atoms with van der Waals surface area (Å²) >= 11 is 0. The van der Waals surface area contributed by atoms with E-state index >= 15 is 0 Å². The van der Waals surface area contributed by atoms with Crippen molar-refractivity contribution in [3.05, 3.63) is 41.0 Å². The van der Waals surface area contributed by atoms with Crippen LogP contribution in [-0.4, -0.2) is 24.8 Å². The third kappa shape index (κ3) is 1.07. The number of benzene rings is 1. The zero-order valence-corrected chi connectivity index (χ0v) is 8.66. The summed E-state index contributed by atoms with van der Waals surface area (Å²) in [6, 6.07) is 7.76. The summed E-state index contributed by atoms with van der Waals surface area (Å²) in [6.07, 6.45) is 0. The van der Waals surface area contributed by atoms with Crippen LogP contribution in [0.3, 0.4) is 0 Å². The Hall–Kier alpha value is -1.57. The van der Waals surface area contributed by atoms with Gasteiger partial charge in [0.25, 0.3) is 0 Å². The van der Waals surface area contributed by atoms with Crippen LogP contribution in [0.5, 0.6) is 0 Å². The molecule has 0 atom stereocenters. The largest absolute Gasteiger partial charge is 0.377 e. The first-order valence-electron chi connectivity index (χ1n) is 4.65. The normalized spacial score (nSPS) is 14.6. The van der Waals surface area contributed by atoms with Crippen LogP contribution in [0.15, 0.2) is 29.8 Å². The van der Waals surface area contributed by atoms with Crippen LogP contribution in [-0.2, 0) is 0 Å². The monoisotopic (exact) mass is 187 g/mol. The summed E-state index contributed by atoms with van der Waals surface area (Å²) in [5, 5.41) is 0. The highest BCUT2D eigenvalue weighted by Crippen LogP contribution is 2.33. The smallest absolute Gasteiger partial charge is 0.191 e. The molecule has 1 aliphatic carbocycles. The number of ketones is 1. The highest BCUT2D eigenvalue weighted by Gasteiger charge is 2.26. The number of rotatable bonds is 1. The number of Topliss-reactive ketones (excluding diaryl/α,β-unsaturated/α-hetero) is 1. The SMILES string of the molecule is CC1=C(N(C)C)c2ccccc2C1=O. The molecule has 0 aromatic heterocycles. The summed E-state index contributed by atoms with van der Waals surface area (Å²) in [4.78, 5) is 13.8. The van der Waals surface area contributed by atoms with Gasteiger partial charge in [-0.05, 0) is 6.92 Å². The summed E-state index contributed by atoms with van der Waals surface area (Å²) in [7, 11) is 3.93. The lowest BCUT2D eigenvalue weighted by atomic mass is 10.1. The van der Waals surface area contributed by atoms with Crippen molar-refractivity contribution in [3.8, 4) is 0 Å². The number of hydrogen-bond acceptors (Lipinski definition) is 2. The number of carbonyl (C=O) groups is 1. The lowest BCUT2D eigenvalue weighted by Gasteiger charge is -2.15. The van der Waals surface area contributed by atoms with Gasteiger partial charge in [-0.15, -0.1) is 0 Å². The predicted octanol–water partition coefficient (Wildman–Crippen LogP) is 2.18. The molecule has 0 unspecified atom stereocenters. The van der Waals surface area contributed by atoms with Gasteiger partial charge in [0.2, 0.25) is 0 Å². The molecule has 0 bridgehead atoms. The molecule has 1 aliphatic rings. The molecule has 0 radical (unpaired) electrons. The van der Waals surface area contributed by atoms with Gasteiger partial charge in [-0.25, -0.2) is 0 Å². The van der Waals surface area contributed by atoms with Gasteiger partial charge >= 0.3 is 0 Å². The van der Waals surface area contributed by atoms with Crippen LogP contribution in [0.2, 0.25) is 0 Å². The highest BCUT2D eigenvalue weighted by molar-refractivity contribution is 6.19. The maximum absolute atomic E-state index is 11.8. The minimum atomic E-state index is 0.157. The van der Waals surface area contributed by atoms with E-state index in [-0.39, 0.29) is 5.78 Å². The first-order chi connectivity index (χ1) is 6.63. The van der Waals surface area contributed by atoms with Crippen molar-refractivity contribution in [2.45, 2.75) is 6.92 Å². The number of nitrogens with zero attached hydrogens (tertiary/aromatic N) is 1. The number of allylic oxidation sites excluding steroid dienone is 1. The molecule has 0 saturated heterocycles. The van der Waals surface area contributed by atoms with E-state index in [9.17, 15) is 4.79 Å². The minimum absolute atomic E-state index is 0.157. The number of carbonyl (C=O) groups excluding carboxylic acids is 1. The highest BCUT2D eigenvalue weighted by atomic mass is 16.1. The summed E-state index contributed by atoms with van der Waals surface area (Å²) in [5.74, 6) is 0.157. The van der Waals surface area contributed by atoms with Gasteiger partial charge < -0.3 is 4.90 Å². The lowest BCUT2D eigenvalue weighted by Crippen LogP contribution is -2.09. The maximum Gasteiger partial charge on any atom is 0.191 e. The first-order valence-corrected chi connectivity index (χ1v) is 4.65. The molecule has 0 amide bonds. The molecule has 0 saturated carbocycles. The molecule has 0 spiro atoms. The topological polar surface area (TPSA) is 20.3 Å². The molecule has 72 valence electrons. The fourth-order valence-electron chi connectivity index (χ4n) is 1.98. The molecular weight excluding hydrogens is 174 g/mol. The van der Waals surface area contributed by atoms with E-state index in [1.54, 1.807) is 0 Å². The molecule has 0 heterocycles. The van der Waals surface area contributed by atoms with Crippen molar-refractivity contribution in [1.29, 1.82) is 0 Å². The Labute approximate surface area is 83.8 Å². The van der Waals surface area contributed by atoms with E-state index in [2.05, 4.69) is 0 Å². The average Bonchev–Trinajstić information content (AvgIpc) is 2.41. The quantitative estimate of drug-likeness (QED) is 0.671. The van der Waals surface area contributed by atoms with Crippen LogP contribution >= 0.6 is 0 Å². The molecule has 0 aliphatic heterocycles. The summed E-state index contributed by atoms with van der Waals surface area (Å²) < 4.78 is 0. The standard InChI is InChI=1S/C12H13NO/c1-8-11(13(2)3)9-6-4-5-7-10(9)12(8)14/h4-7H,1-3H3. The lowest BCUT2D eigenvalue weighted by molar-refractivity contribution is 0.103. The fourth-order valence-corrected chi connectivity index (χ4v) is 1.98. The number of fused-ring (bicyclic) bond motifs is 1. The van der Waals surface area contributed by atoms with Crippen LogP contribution < -0.4 is 0 Å². The van der Waals surface area contributed by atoms with Crippen molar-refractivity contribution in [2.24, 2.45) is 0 Å². The predicted molar refractivity (Wildman–Crippen MR) is 57.1 cm³/mol. The fraction of sp³-hybridized carbons (Fsp3) is 0.250. The molecular formula is C12H13NO. The maximum atomic E-state index is 11.8. The Kier molecular flexibility index (Phi) is 1.92. The van der Waals surface area contributed by atoms with Gasteiger partial charge in [0, 0.05) is 30.8 Å². The molecule has 0 fully saturated rings. The molecule has 1 aromatic rings. The van der Waals surface area contributed by atoms with Gasteiger partial charge in [-0.2, -0.15) is 0 Å². The van der Waals surface area contributed by atoms with Crippen molar-refractivity contribution < 1.29 is 4.79 Å². The van der Waals surface area contributed by atoms with E-state index in [4.69, 9.17) is 0 Å². The van der Waals surface area contributed by atoms with Gasteiger partial charge in [0.15, 0.2) is 5.78 Å². The third-order valence-corrected chi connectivity index (χ3v) is 2.57. The zero-order valence-electron chi connectivity index (χ0n) is 8.66. The van der Waals surface area contributed by atoms with E-state index in [0.717, 1.165) is 22.4 Å². The van der Waals surface area contributed by atoms with Crippen LogP contribution in [0.4, 0.5) is 0 Å². The molecule has 2 nitrogen and oxygen atoms in total. The molecule has 2 heteroatoms. The average molecular weight is 187 g/mol. The van der Waals surface area contributed by atoms with Crippen molar-refractivity contribution >= 4 is 11.5 Å². The van der Waals surface area contributed by atoms with Gasteiger partial charge in [0.05, 0.1) is 5.70 Å². The zero-order chi connectivity index (χ0) is 10.3. The van der Waals surface area contributed by atoms with Crippen LogP contribution in [0, 0.1) is 0 Å². The summed E-state index contributed by atoms with van der Waals surface area (Å²) in [6.45, 7) is 1.89. The molecule has 0 N–H and O–H groups in total. The second-order valence-electron chi connectivity index (χ2n) is 3.74. The molecule has 14 heavy (non-hydrogen) atoms. The third-order valence-electron chi connectivity index (χ3n) is 2.57. The minimum Gasteiger partial charge on any atom is -0.377 e. The Balaban J connectivity index is 2.67. The second kappa shape index (κ2) is 2.98. The summed E-state index contributed by atoms with van der Waals surface area (Å²) in [5.41, 5.74) is 3.77. The Bertz CT molecular complexity index is 430.